The quantitative estimate of drug-likeness (QED) is 0.656. The van der Waals surface area contributed by atoms with E-state index in [1.165, 1.54) is 30.3 Å². The van der Waals surface area contributed by atoms with Crippen molar-refractivity contribution >= 4 is 28.3 Å². The third-order valence-corrected chi connectivity index (χ3v) is 5.39. The van der Waals surface area contributed by atoms with E-state index in [-0.39, 0.29) is 35.8 Å². The molecular formula is C16H24ClN3O3S. The Morgan fingerprint density at radius 3 is 2.62 bits per heavy atom. The van der Waals surface area contributed by atoms with Gasteiger partial charge in [-0.3, -0.25) is 4.79 Å². The summed E-state index contributed by atoms with van der Waals surface area (Å²) in [5.41, 5.74) is 0.457. The Morgan fingerprint density at radius 2 is 2.04 bits per heavy atom. The lowest BCUT2D eigenvalue weighted by Crippen LogP contribution is -2.48. The molecule has 0 aromatic heterocycles. The molecule has 1 amide bonds. The second kappa shape index (κ2) is 9.17. The van der Waals surface area contributed by atoms with Crippen LogP contribution in [-0.2, 0) is 10.0 Å². The molecule has 0 radical (unpaired) electrons. The van der Waals surface area contributed by atoms with Crippen LogP contribution in [0.1, 0.15) is 23.7 Å². The first kappa shape index (κ1) is 20.6. The maximum absolute atomic E-state index is 12.3. The summed E-state index contributed by atoms with van der Waals surface area (Å²) in [6.07, 6.45) is 2.37. The average Bonchev–Trinajstić information content (AvgIpc) is 2.55. The molecule has 1 aromatic carbocycles. The van der Waals surface area contributed by atoms with Gasteiger partial charge in [0.15, 0.2) is 0 Å². The molecular weight excluding hydrogens is 350 g/mol. The van der Waals surface area contributed by atoms with Gasteiger partial charge in [0.2, 0.25) is 10.0 Å². The monoisotopic (exact) mass is 373 g/mol. The fraction of sp³-hybridized carbons (Fsp3) is 0.438. The second-order valence-electron chi connectivity index (χ2n) is 5.71. The molecule has 2 unspecified atom stereocenters. The molecule has 1 heterocycles. The normalized spacial score (nSPS) is 20.7. The molecule has 0 saturated carbocycles. The van der Waals surface area contributed by atoms with Crippen LogP contribution in [-0.4, -0.2) is 40.0 Å². The third kappa shape index (κ3) is 5.31. The van der Waals surface area contributed by atoms with E-state index < -0.39 is 10.0 Å². The number of amides is 1. The number of sulfonamides is 1. The molecule has 8 heteroatoms. The van der Waals surface area contributed by atoms with Crippen LogP contribution in [0.2, 0.25) is 0 Å². The Morgan fingerprint density at radius 1 is 1.38 bits per heavy atom. The Hall–Kier alpha value is -1.41. The molecule has 24 heavy (non-hydrogen) atoms. The molecule has 6 nitrogen and oxygen atoms in total. The van der Waals surface area contributed by atoms with E-state index in [1.807, 2.05) is 0 Å². The molecule has 1 aliphatic heterocycles. The lowest BCUT2D eigenvalue weighted by atomic mass is 9.95. The summed E-state index contributed by atoms with van der Waals surface area (Å²) in [7, 11) is -3.56. The minimum Gasteiger partial charge on any atom is -0.349 e. The zero-order chi connectivity index (χ0) is 16.9. The molecule has 0 spiro atoms. The SMILES string of the molecule is C=CCNS(=O)(=O)c1ccc(C(=O)NC2CCNCC2C)cc1.Cl. The minimum absolute atomic E-state index is 0. The van der Waals surface area contributed by atoms with Gasteiger partial charge in [-0.05, 0) is 49.7 Å². The van der Waals surface area contributed by atoms with E-state index in [1.54, 1.807) is 0 Å². The largest absolute Gasteiger partial charge is 0.349 e. The zero-order valence-corrected chi connectivity index (χ0v) is 15.3. The van der Waals surface area contributed by atoms with Gasteiger partial charge in [0.1, 0.15) is 0 Å². The molecule has 1 fully saturated rings. The van der Waals surface area contributed by atoms with Crippen molar-refractivity contribution in [1.82, 2.24) is 15.4 Å². The zero-order valence-electron chi connectivity index (χ0n) is 13.6. The number of halogens is 1. The van der Waals surface area contributed by atoms with Crippen molar-refractivity contribution in [3.63, 3.8) is 0 Å². The highest BCUT2D eigenvalue weighted by atomic mass is 35.5. The fourth-order valence-electron chi connectivity index (χ4n) is 2.52. The van der Waals surface area contributed by atoms with Crippen LogP contribution >= 0.6 is 12.4 Å². The summed E-state index contributed by atoms with van der Waals surface area (Å²) in [6.45, 7) is 7.51. The van der Waals surface area contributed by atoms with E-state index in [9.17, 15) is 13.2 Å². The number of benzene rings is 1. The van der Waals surface area contributed by atoms with Gasteiger partial charge in [-0.1, -0.05) is 13.0 Å². The molecule has 1 aromatic rings. The van der Waals surface area contributed by atoms with Crippen LogP contribution < -0.4 is 15.4 Å². The van der Waals surface area contributed by atoms with Crippen molar-refractivity contribution < 1.29 is 13.2 Å². The summed E-state index contributed by atoms with van der Waals surface area (Å²) in [5.74, 6) is 0.196. The maximum Gasteiger partial charge on any atom is 0.251 e. The third-order valence-electron chi connectivity index (χ3n) is 3.95. The average molecular weight is 374 g/mol. The first-order valence-electron chi connectivity index (χ1n) is 7.66. The van der Waals surface area contributed by atoms with Gasteiger partial charge < -0.3 is 10.6 Å². The number of hydrogen-bond acceptors (Lipinski definition) is 4. The predicted molar refractivity (Wildman–Crippen MR) is 97.0 cm³/mol. The van der Waals surface area contributed by atoms with E-state index in [2.05, 4.69) is 28.9 Å². The number of piperidine rings is 1. The Kier molecular flexibility index (Phi) is 7.89. The number of carbonyl (C=O) groups excluding carboxylic acids is 1. The van der Waals surface area contributed by atoms with Crippen LogP contribution in [0, 0.1) is 5.92 Å². The topological polar surface area (TPSA) is 87.3 Å². The highest BCUT2D eigenvalue weighted by Gasteiger charge is 2.23. The highest BCUT2D eigenvalue weighted by molar-refractivity contribution is 7.89. The molecule has 0 bridgehead atoms. The second-order valence-corrected chi connectivity index (χ2v) is 7.48. The van der Waals surface area contributed by atoms with Crippen molar-refractivity contribution in [2.45, 2.75) is 24.3 Å². The van der Waals surface area contributed by atoms with E-state index in [0.29, 0.717) is 11.5 Å². The lowest BCUT2D eigenvalue weighted by Gasteiger charge is -2.30. The van der Waals surface area contributed by atoms with E-state index in [4.69, 9.17) is 0 Å². The fourth-order valence-corrected chi connectivity index (χ4v) is 3.52. The van der Waals surface area contributed by atoms with E-state index in [0.717, 1.165) is 19.5 Å². The van der Waals surface area contributed by atoms with Crippen LogP contribution in [0.4, 0.5) is 0 Å². The summed E-state index contributed by atoms with van der Waals surface area (Å²) >= 11 is 0. The van der Waals surface area contributed by atoms with Crippen molar-refractivity contribution in [3.05, 3.63) is 42.5 Å². The molecule has 2 rings (SSSR count). The van der Waals surface area contributed by atoms with Crippen molar-refractivity contribution in [2.75, 3.05) is 19.6 Å². The van der Waals surface area contributed by atoms with Crippen LogP contribution in [0.15, 0.2) is 41.8 Å². The predicted octanol–water partition coefficient (Wildman–Crippen LogP) is 1.30. The number of hydrogen-bond donors (Lipinski definition) is 3. The van der Waals surface area contributed by atoms with Gasteiger partial charge in [0.25, 0.3) is 5.91 Å². The van der Waals surface area contributed by atoms with Crippen LogP contribution in [0.5, 0.6) is 0 Å². The van der Waals surface area contributed by atoms with Crippen molar-refractivity contribution in [3.8, 4) is 0 Å². The smallest absolute Gasteiger partial charge is 0.251 e. The summed E-state index contributed by atoms with van der Waals surface area (Å²) in [5, 5.41) is 6.31. The molecule has 1 aliphatic rings. The molecule has 1 saturated heterocycles. The molecule has 3 N–H and O–H groups in total. The summed E-state index contributed by atoms with van der Waals surface area (Å²) < 4.78 is 26.3. The van der Waals surface area contributed by atoms with Gasteiger partial charge in [0.05, 0.1) is 4.90 Å². The first-order valence-corrected chi connectivity index (χ1v) is 9.14. The van der Waals surface area contributed by atoms with Crippen LogP contribution in [0.3, 0.4) is 0 Å². The van der Waals surface area contributed by atoms with E-state index >= 15 is 0 Å². The summed E-state index contributed by atoms with van der Waals surface area (Å²) in [4.78, 5) is 12.4. The minimum atomic E-state index is -3.56. The van der Waals surface area contributed by atoms with Crippen molar-refractivity contribution in [2.24, 2.45) is 5.92 Å². The number of nitrogens with one attached hydrogen (secondary N) is 3. The number of carbonyl (C=O) groups is 1. The van der Waals surface area contributed by atoms with Gasteiger partial charge >= 0.3 is 0 Å². The van der Waals surface area contributed by atoms with Gasteiger partial charge in [-0.25, -0.2) is 13.1 Å². The Balaban J connectivity index is 0.00000288. The first-order chi connectivity index (χ1) is 10.9. The maximum atomic E-state index is 12.3. The Bertz CT molecular complexity index is 662. The van der Waals surface area contributed by atoms with Gasteiger partial charge in [-0.2, -0.15) is 0 Å². The van der Waals surface area contributed by atoms with Gasteiger partial charge in [-0.15, -0.1) is 19.0 Å². The molecule has 0 aliphatic carbocycles. The molecule has 2 atom stereocenters. The number of rotatable bonds is 6. The van der Waals surface area contributed by atoms with Crippen LogP contribution in [0.25, 0.3) is 0 Å². The summed E-state index contributed by atoms with van der Waals surface area (Å²) in [6, 6.07) is 6.08. The molecule has 134 valence electrons. The lowest BCUT2D eigenvalue weighted by molar-refractivity contribution is 0.0914. The van der Waals surface area contributed by atoms with Gasteiger partial charge in [0, 0.05) is 18.2 Å². The van der Waals surface area contributed by atoms with Crippen molar-refractivity contribution in [1.29, 1.82) is 0 Å². The standard InChI is InChI=1S/C16H23N3O3S.ClH/c1-3-9-18-23(21,22)14-6-4-13(5-7-14)16(20)19-15-8-10-17-11-12(15)2;/h3-7,12,15,17-18H,1,8-11H2,2H3,(H,19,20);1H. The Labute approximate surface area is 149 Å². The highest BCUT2D eigenvalue weighted by Crippen LogP contribution is 2.13.